The molecule has 0 spiro atoms. The van der Waals surface area contributed by atoms with Crippen LogP contribution in [0.4, 0.5) is 0 Å². The molecule has 2 unspecified atom stereocenters. The number of benzene rings is 16. The zero-order valence-corrected chi connectivity index (χ0v) is 34.4. The van der Waals surface area contributed by atoms with Gasteiger partial charge in [0.2, 0.25) is 0 Å². The molecule has 0 aliphatic rings. The fourth-order valence-electron chi connectivity index (χ4n) is 12.9. The highest BCUT2D eigenvalue weighted by Crippen LogP contribution is 2.51. The smallest absolute Gasteiger partial charge is 0.105 e. The predicted molar refractivity (Wildman–Crippen MR) is 271 cm³/mol. The number of hydrogen-bond donors (Lipinski definition) is 2. The standard InChI is InChI=1S/C62H34O2/c63-61(49-29-37-21-19-31-7-1-13-39-41-15-3-9-33-23-25-45(49)59(53(33)41)57(37)51(31)39)47-27-35-11-6-18-44-48(28-36-12-5-17-43(47)55(36)56(35)44)62(64)50-30-38-22-20-32-8-2-14-40-42-16-4-10-34-24-26-46(50)60(54(34)42)58(38)52(32)40/h1-30,61-64H. The number of fused-ring (bicyclic) bond motifs is 2. The van der Waals surface area contributed by atoms with Gasteiger partial charge in [0.25, 0.3) is 0 Å². The lowest BCUT2D eigenvalue weighted by atomic mass is 9.80. The van der Waals surface area contributed by atoms with Crippen molar-refractivity contribution in [2.24, 2.45) is 0 Å². The Hall–Kier alpha value is -7.88. The SMILES string of the molecule is OC(c1cc2cccc3c(C(O)c4cc5ccc6cccc7c8cccc9ccc4c(c98)c5c67)cc4cccc1c4c23)c1cc2ccc3cccc4c5cccc6ccc1c(c65)c2c34. The molecule has 0 aromatic heterocycles. The van der Waals surface area contributed by atoms with Crippen LogP contribution in [0, 0.1) is 0 Å². The topological polar surface area (TPSA) is 40.5 Å². The summed E-state index contributed by atoms with van der Waals surface area (Å²) in [4.78, 5) is 0. The van der Waals surface area contributed by atoms with Gasteiger partial charge in [0, 0.05) is 0 Å². The Kier molecular flexibility index (Phi) is 6.09. The lowest BCUT2D eigenvalue weighted by molar-refractivity contribution is 0.223. The molecule has 2 nitrogen and oxygen atoms in total. The Morgan fingerprint density at radius 3 is 0.797 bits per heavy atom. The molecule has 0 aliphatic heterocycles. The summed E-state index contributed by atoms with van der Waals surface area (Å²) in [5.74, 6) is 0. The van der Waals surface area contributed by atoms with E-state index in [1.165, 1.54) is 86.2 Å². The van der Waals surface area contributed by atoms with Crippen LogP contribution in [0.15, 0.2) is 182 Å². The molecule has 2 heteroatoms. The molecule has 16 rings (SSSR count). The van der Waals surface area contributed by atoms with E-state index in [9.17, 15) is 10.2 Å². The first kappa shape index (κ1) is 33.7. The van der Waals surface area contributed by atoms with Gasteiger partial charge in [0.1, 0.15) is 12.2 Å². The van der Waals surface area contributed by atoms with Crippen molar-refractivity contribution < 1.29 is 10.2 Å². The highest BCUT2D eigenvalue weighted by molar-refractivity contribution is 6.41. The van der Waals surface area contributed by atoms with E-state index in [-0.39, 0.29) is 0 Å². The van der Waals surface area contributed by atoms with Gasteiger partial charge in [-0.15, -0.1) is 0 Å². The summed E-state index contributed by atoms with van der Waals surface area (Å²) in [5.41, 5.74) is 3.60. The second kappa shape index (κ2) is 11.6. The zero-order valence-electron chi connectivity index (χ0n) is 34.4. The van der Waals surface area contributed by atoms with E-state index >= 15 is 0 Å². The maximum Gasteiger partial charge on any atom is 0.105 e. The molecular formula is C62H34O2. The third kappa shape index (κ3) is 3.97. The molecule has 2 N–H and O–H groups in total. The van der Waals surface area contributed by atoms with Gasteiger partial charge in [-0.3, -0.25) is 0 Å². The lowest BCUT2D eigenvalue weighted by Crippen LogP contribution is -2.06. The summed E-state index contributed by atoms with van der Waals surface area (Å²) in [6, 6.07) is 66.1. The van der Waals surface area contributed by atoms with Crippen LogP contribution in [0.5, 0.6) is 0 Å². The van der Waals surface area contributed by atoms with E-state index in [0.29, 0.717) is 0 Å². The zero-order chi connectivity index (χ0) is 41.7. The Morgan fingerprint density at radius 2 is 0.438 bits per heavy atom. The molecule has 0 radical (unpaired) electrons. The molecule has 0 fully saturated rings. The van der Waals surface area contributed by atoms with Gasteiger partial charge < -0.3 is 10.2 Å². The Morgan fingerprint density at radius 1 is 0.203 bits per heavy atom. The van der Waals surface area contributed by atoms with Gasteiger partial charge in [-0.25, -0.2) is 0 Å². The molecule has 64 heavy (non-hydrogen) atoms. The monoisotopic (exact) mass is 810 g/mol. The summed E-state index contributed by atoms with van der Waals surface area (Å²) in [7, 11) is 0. The van der Waals surface area contributed by atoms with Crippen LogP contribution in [0.2, 0.25) is 0 Å². The van der Waals surface area contributed by atoms with Crippen molar-refractivity contribution in [3.63, 3.8) is 0 Å². The van der Waals surface area contributed by atoms with Gasteiger partial charge in [0.05, 0.1) is 0 Å². The van der Waals surface area contributed by atoms with Gasteiger partial charge in [-0.2, -0.15) is 0 Å². The minimum absolute atomic E-state index is 0.885. The van der Waals surface area contributed by atoms with Crippen molar-refractivity contribution in [1.82, 2.24) is 0 Å². The molecule has 16 aromatic carbocycles. The molecule has 0 aliphatic carbocycles. The lowest BCUT2D eigenvalue weighted by Gasteiger charge is -2.25. The molecule has 2 atom stereocenters. The van der Waals surface area contributed by atoms with E-state index < -0.39 is 12.2 Å². The van der Waals surface area contributed by atoms with Crippen molar-refractivity contribution in [1.29, 1.82) is 0 Å². The molecule has 0 saturated heterocycles. The molecule has 0 bridgehead atoms. The Bertz CT molecular complexity index is 4340. The van der Waals surface area contributed by atoms with Crippen LogP contribution in [-0.2, 0) is 0 Å². The largest absolute Gasteiger partial charge is 0.384 e. The summed E-state index contributed by atoms with van der Waals surface area (Å²) in [6.45, 7) is 0. The van der Waals surface area contributed by atoms with Crippen LogP contribution >= 0.6 is 0 Å². The fraction of sp³-hybridized carbons (Fsp3) is 0.0323. The van der Waals surface area contributed by atoms with E-state index in [0.717, 1.165) is 76.1 Å². The highest BCUT2D eigenvalue weighted by atomic mass is 16.3. The molecule has 0 saturated carbocycles. The summed E-state index contributed by atoms with van der Waals surface area (Å²) >= 11 is 0. The first-order valence-corrected chi connectivity index (χ1v) is 22.3. The molecule has 16 aromatic rings. The maximum atomic E-state index is 12.9. The maximum absolute atomic E-state index is 12.9. The second-order valence-corrected chi connectivity index (χ2v) is 18.4. The Balaban J connectivity index is 0.930. The first-order valence-electron chi connectivity index (χ1n) is 22.3. The summed E-state index contributed by atoms with van der Waals surface area (Å²) in [6.07, 6.45) is -1.78. The minimum Gasteiger partial charge on any atom is -0.384 e. The van der Waals surface area contributed by atoms with Crippen LogP contribution in [0.3, 0.4) is 0 Å². The quantitative estimate of drug-likeness (QED) is 0.137. The minimum atomic E-state index is -0.889. The van der Waals surface area contributed by atoms with E-state index in [1.807, 2.05) is 0 Å². The molecular weight excluding hydrogens is 777 g/mol. The number of rotatable bonds is 4. The van der Waals surface area contributed by atoms with Crippen molar-refractivity contribution in [2.45, 2.75) is 12.2 Å². The fourth-order valence-corrected chi connectivity index (χ4v) is 12.9. The summed E-state index contributed by atoms with van der Waals surface area (Å²) < 4.78 is 0. The van der Waals surface area contributed by atoms with Crippen LogP contribution < -0.4 is 0 Å². The average molecular weight is 811 g/mol. The first-order chi connectivity index (χ1) is 31.6. The normalized spacial score (nSPS) is 14.0. The van der Waals surface area contributed by atoms with Gasteiger partial charge >= 0.3 is 0 Å². The third-order valence-corrected chi connectivity index (χ3v) is 15.4. The highest BCUT2D eigenvalue weighted by Gasteiger charge is 2.28. The van der Waals surface area contributed by atoms with Crippen molar-refractivity contribution >= 4 is 140 Å². The third-order valence-electron chi connectivity index (χ3n) is 15.4. The molecule has 0 amide bonds. The molecule has 294 valence electrons. The summed E-state index contributed by atoms with van der Waals surface area (Å²) in [5, 5.41) is 56.8. The average Bonchev–Trinajstić information content (AvgIpc) is 3.35. The van der Waals surface area contributed by atoms with E-state index in [2.05, 4.69) is 182 Å². The van der Waals surface area contributed by atoms with Crippen LogP contribution in [0.1, 0.15) is 34.5 Å². The number of aliphatic hydroxyl groups excluding tert-OH is 2. The van der Waals surface area contributed by atoms with Crippen molar-refractivity contribution in [2.75, 3.05) is 0 Å². The van der Waals surface area contributed by atoms with E-state index in [4.69, 9.17) is 0 Å². The second-order valence-electron chi connectivity index (χ2n) is 18.4. The van der Waals surface area contributed by atoms with Crippen molar-refractivity contribution in [3.05, 3.63) is 204 Å². The van der Waals surface area contributed by atoms with Gasteiger partial charge in [0.15, 0.2) is 0 Å². The number of aliphatic hydroxyl groups is 2. The van der Waals surface area contributed by atoms with Crippen LogP contribution in [-0.4, -0.2) is 10.2 Å². The van der Waals surface area contributed by atoms with Crippen LogP contribution in [0.25, 0.3) is 140 Å². The van der Waals surface area contributed by atoms with Gasteiger partial charge in [-0.1, -0.05) is 158 Å². The van der Waals surface area contributed by atoms with E-state index in [1.54, 1.807) is 0 Å². The molecule has 0 heterocycles. The van der Waals surface area contributed by atoms with Gasteiger partial charge in [-0.05, 0) is 187 Å². The number of hydrogen-bond acceptors (Lipinski definition) is 2. The predicted octanol–water partition coefficient (Wildman–Crippen LogP) is 16.0. The van der Waals surface area contributed by atoms with Crippen molar-refractivity contribution in [3.8, 4) is 0 Å². The Labute approximate surface area is 365 Å².